The number of nitrogens with one attached hydrogen (secondary N) is 1. The van der Waals surface area contributed by atoms with Crippen LogP contribution in [0.2, 0.25) is 0 Å². The van der Waals surface area contributed by atoms with Gasteiger partial charge in [-0.3, -0.25) is 9.69 Å². The zero-order valence-corrected chi connectivity index (χ0v) is 15.5. The Morgan fingerprint density at radius 3 is 2.76 bits per heavy atom. The van der Waals surface area contributed by atoms with Crippen LogP contribution in [0.4, 0.5) is 0 Å². The second-order valence-corrected chi connectivity index (χ2v) is 6.97. The number of fused-ring (bicyclic) bond motifs is 1. The average Bonchev–Trinajstić information content (AvgIpc) is 3.04. The molecule has 0 aliphatic carbocycles. The lowest BCUT2D eigenvalue weighted by Crippen LogP contribution is -2.56. The molecule has 0 saturated carbocycles. The number of nitrogens with zero attached hydrogens (tertiary/aromatic N) is 4. The summed E-state index contributed by atoms with van der Waals surface area (Å²) in [6.45, 7) is 12.1. The van der Waals surface area contributed by atoms with E-state index in [0.717, 1.165) is 44.1 Å². The highest BCUT2D eigenvalue weighted by atomic mass is 16.5. The first-order valence-electron chi connectivity index (χ1n) is 8.87. The first-order chi connectivity index (χ1) is 11.9. The van der Waals surface area contributed by atoms with E-state index in [0.29, 0.717) is 17.8 Å². The Hall–Kier alpha value is -1.99. The van der Waals surface area contributed by atoms with E-state index in [1.807, 2.05) is 19.9 Å². The van der Waals surface area contributed by atoms with Crippen LogP contribution < -0.4 is 5.32 Å². The molecule has 7 nitrogen and oxygen atoms in total. The summed E-state index contributed by atoms with van der Waals surface area (Å²) in [5.74, 6) is -0.125. The number of hydrogen-bond donors (Lipinski definition) is 1. The van der Waals surface area contributed by atoms with Crippen LogP contribution in [-0.4, -0.2) is 63.8 Å². The predicted octanol–water partition coefficient (Wildman–Crippen LogP) is 1.58. The minimum Gasteiger partial charge on any atom is -0.379 e. The van der Waals surface area contributed by atoms with Crippen molar-refractivity contribution in [2.75, 3.05) is 32.8 Å². The van der Waals surface area contributed by atoms with Crippen LogP contribution in [0.1, 0.15) is 42.0 Å². The minimum atomic E-state index is -0.125. The summed E-state index contributed by atoms with van der Waals surface area (Å²) in [6.07, 6.45) is 2.56. The molecule has 25 heavy (non-hydrogen) atoms. The molecule has 136 valence electrons. The lowest BCUT2D eigenvalue weighted by Gasteiger charge is -2.43. The summed E-state index contributed by atoms with van der Waals surface area (Å²) in [7, 11) is 0. The van der Waals surface area contributed by atoms with Crippen molar-refractivity contribution in [3.05, 3.63) is 29.2 Å². The van der Waals surface area contributed by atoms with Crippen molar-refractivity contribution in [2.45, 2.75) is 39.7 Å². The van der Waals surface area contributed by atoms with Gasteiger partial charge < -0.3 is 10.1 Å². The van der Waals surface area contributed by atoms with Gasteiger partial charge in [-0.1, -0.05) is 6.92 Å². The van der Waals surface area contributed by atoms with Crippen LogP contribution in [0.3, 0.4) is 0 Å². The number of morpholine rings is 1. The molecule has 1 aliphatic heterocycles. The number of amides is 1. The molecule has 0 spiro atoms. The minimum absolute atomic E-state index is 0.0817. The van der Waals surface area contributed by atoms with E-state index < -0.39 is 0 Å². The van der Waals surface area contributed by atoms with E-state index in [4.69, 9.17) is 4.74 Å². The molecule has 1 saturated heterocycles. The molecule has 2 aromatic heterocycles. The quantitative estimate of drug-likeness (QED) is 0.891. The van der Waals surface area contributed by atoms with E-state index in [-0.39, 0.29) is 11.4 Å². The summed E-state index contributed by atoms with van der Waals surface area (Å²) < 4.78 is 7.16. The van der Waals surface area contributed by atoms with Gasteiger partial charge in [0, 0.05) is 36.6 Å². The molecule has 0 radical (unpaired) electrons. The fourth-order valence-electron chi connectivity index (χ4n) is 3.36. The summed E-state index contributed by atoms with van der Waals surface area (Å²) in [4.78, 5) is 19.6. The van der Waals surface area contributed by atoms with Crippen LogP contribution in [0.25, 0.3) is 5.65 Å². The van der Waals surface area contributed by atoms with Crippen LogP contribution in [0, 0.1) is 13.8 Å². The number of ether oxygens (including phenoxy) is 1. The normalized spacial score (nSPS) is 18.2. The summed E-state index contributed by atoms with van der Waals surface area (Å²) >= 11 is 0. The third kappa shape index (κ3) is 3.52. The number of carbonyl (C=O) groups is 1. The fraction of sp³-hybridized carbons (Fsp3) is 0.611. The second kappa shape index (κ2) is 7.09. The van der Waals surface area contributed by atoms with Crippen molar-refractivity contribution < 1.29 is 9.53 Å². The topological polar surface area (TPSA) is 71.8 Å². The monoisotopic (exact) mass is 345 g/mol. The summed E-state index contributed by atoms with van der Waals surface area (Å²) in [6, 6.07) is 1.95. The van der Waals surface area contributed by atoms with Gasteiger partial charge >= 0.3 is 0 Å². The smallest absolute Gasteiger partial charge is 0.256 e. The molecular weight excluding hydrogens is 318 g/mol. The van der Waals surface area contributed by atoms with Crippen LogP contribution in [0.5, 0.6) is 0 Å². The van der Waals surface area contributed by atoms with E-state index in [9.17, 15) is 4.79 Å². The maximum absolute atomic E-state index is 12.7. The highest BCUT2D eigenvalue weighted by Crippen LogP contribution is 2.20. The first kappa shape index (κ1) is 17.8. The van der Waals surface area contributed by atoms with Gasteiger partial charge in [0.25, 0.3) is 5.91 Å². The Labute approximate surface area is 148 Å². The number of carbonyl (C=O) groups excluding carboxylic acids is 1. The van der Waals surface area contributed by atoms with Gasteiger partial charge in [0.15, 0.2) is 5.65 Å². The second-order valence-electron chi connectivity index (χ2n) is 6.97. The van der Waals surface area contributed by atoms with Crippen molar-refractivity contribution in [3.63, 3.8) is 0 Å². The molecule has 7 heteroatoms. The van der Waals surface area contributed by atoms with Gasteiger partial charge in [-0.05, 0) is 33.3 Å². The van der Waals surface area contributed by atoms with Crippen LogP contribution in [0.15, 0.2) is 12.3 Å². The van der Waals surface area contributed by atoms with Gasteiger partial charge in [-0.2, -0.15) is 5.10 Å². The predicted molar refractivity (Wildman–Crippen MR) is 95.9 cm³/mol. The molecule has 1 unspecified atom stereocenters. The Balaban J connectivity index is 1.76. The van der Waals surface area contributed by atoms with Gasteiger partial charge in [-0.25, -0.2) is 9.50 Å². The molecule has 0 aromatic carbocycles. The van der Waals surface area contributed by atoms with Crippen molar-refractivity contribution in [2.24, 2.45) is 0 Å². The van der Waals surface area contributed by atoms with Gasteiger partial charge in [0.1, 0.15) is 5.56 Å². The van der Waals surface area contributed by atoms with Crippen molar-refractivity contribution in [1.29, 1.82) is 0 Å². The van der Waals surface area contributed by atoms with E-state index in [1.54, 1.807) is 10.7 Å². The Morgan fingerprint density at radius 2 is 2.08 bits per heavy atom. The molecule has 1 atom stereocenters. The number of aryl methyl sites for hydroxylation is 2. The lowest BCUT2D eigenvalue weighted by molar-refractivity contribution is -0.0169. The third-order valence-corrected chi connectivity index (χ3v) is 5.19. The van der Waals surface area contributed by atoms with Crippen molar-refractivity contribution in [3.8, 4) is 0 Å². The number of rotatable bonds is 5. The third-order valence-electron chi connectivity index (χ3n) is 5.19. The molecule has 1 N–H and O–H groups in total. The molecule has 0 bridgehead atoms. The fourth-order valence-corrected chi connectivity index (χ4v) is 3.36. The Bertz CT molecular complexity index is 766. The molecule has 2 aromatic rings. The van der Waals surface area contributed by atoms with Crippen molar-refractivity contribution >= 4 is 11.6 Å². The lowest BCUT2D eigenvalue weighted by atomic mass is 9.95. The number of aromatic nitrogens is 3. The van der Waals surface area contributed by atoms with Gasteiger partial charge in [-0.15, -0.1) is 0 Å². The highest BCUT2D eigenvalue weighted by Gasteiger charge is 2.32. The largest absolute Gasteiger partial charge is 0.379 e. The molecule has 3 heterocycles. The first-order valence-corrected chi connectivity index (χ1v) is 8.87. The molecule has 1 fully saturated rings. The van der Waals surface area contributed by atoms with Crippen LogP contribution in [-0.2, 0) is 4.74 Å². The van der Waals surface area contributed by atoms with Crippen LogP contribution >= 0.6 is 0 Å². The zero-order chi connectivity index (χ0) is 18.0. The Morgan fingerprint density at radius 1 is 1.36 bits per heavy atom. The molecule has 3 rings (SSSR count). The summed E-state index contributed by atoms with van der Waals surface area (Å²) in [5.41, 5.74) is 2.90. The molecule has 1 amide bonds. The van der Waals surface area contributed by atoms with Crippen molar-refractivity contribution in [1.82, 2.24) is 24.8 Å². The number of hydrogen-bond acceptors (Lipinski definition) is 5. The van der Waals surface area contributed by atoms with Gasteiger partial charge in [0.05, 0.1) is 19.4 Å². The standard InChI is InChI=1S/C18H27N5O2/c1-5-18(4,22-6-8-25-9-7-22)12-19-17(24)15-11-20-23-14(3)10-13(2)21-16(15)23/h10-11H,5-9,12H2,1-4H3,(H,19,24). The van der Waals surface area contributed by atoms with Gasteiger partial charge in [0.2, 0.25) is 0 Å². The van der Waals surface area contributed by atoms with E-state index in [1.165, 1.54) is 0 Å². The molecule has 1 aliphatic rings. The Kier molecular flexibility index (Phi) is 5.06. The van der Waals surface area contributed by atoms with E-state index in [2.05, 4.69) is 34.1 Å². The van der Waals surface area contributed by atoms with E-state index >= 15 is 0 Å². The highest BCUT2D eigenvalue weighted by molar-refractivity contribution is 5.99. The summed E-state index contributed by atoms with van der Waals surface area (Å²) in [5, 5.41) is 7.39. The maximum atomic E-state index is 12.7. The molecular formula is C18H27N5O2. The average molecular weight is 345 g/mol. The zero-order valence-electron chi connectivity index (χ0n) is 15.5. The maximum Gasteiger partial charge on any atom is 0.256 e. The SMILES string of the molecule is CCC(C)(CNC(=O)c1cnn2c(C)cc(C)nc12)N1CCOCC1.